The van der Waals surface area contributed by atoms with Crippen LogP contribution in [0.5, 0.6) is 0 Å². The van der Waals surface area contributed by atoms with Gasteiger partial charge in [0.25, 0.3) is 0 Å². The molecular formula is C17H36N4O. The molecule has 0 radical (unpaired) electrons. The van der Waals surface area contributed by atoms with Crippen LogP contribution in [-0.4, -0.2) is 38.0 Å². The number of carbonyl (C=O) groups excluding carboxylic acids is 1. The number of carbonyl (C=O) groups is 1. The fourth-order valence-electron chi connectivity index (χ4n) is 1.82. The maximum absolute atomic E-state index is 11.7. The van der Waals surface area contributed by atoms with Crippen molar-refractivity contribution in [1.82, 2.24) is 16.0 Å². The molecule has 0 spiro atoms. The van der Waals surface area contributed by atoms with Crippen molar-refractivity contribution in [3.05, 3.63) is 0 Å². The zero-order valence-corrected chi connectivity index (χ0v) is 15.4. The van der Waals surface area contributed by atoms with Gasteiger partial charge in [0.15, 0.2) is 5.96 Å². The van der Waals surface area contributed by atoms with Gasteiger partial charge in [-0.15, -0.1) is 0 Å². The Bertz CT molecular complexity index is 332. The van der Waals surface area contributed by atoms with Crippen molar-refractivity contribution in [2.75, 3.05) is 26.2 Å². The monoisotopic (exact) mass is 312 g/mol. The lowest BCUT2D eigenvalue weighted by atomic mass is 9.96. The van der Waals surface area contributed by atoms with Gasteiger partial charge in [0.1, 0.15) is 0 Å². The number of aliphatic imine (C=N–C) groups is 1. The summed E-state index contributed by atoms with van der Waals surface area (Å²) in [6.07, 6.45) is 3.61. The molecule has 5 nitrogen and oxygen atoms in total. The molecule has 5 heteroatoms. The van der Waals surface area contributed by atoms with Crippen molar-refractivity contribution in [3.8, 4) is 0 Å². The van der Waals surface area contributed by atoms with Gasteiger partial charge in [-0.3, -0.25) is 9.79 Å². The molecule has 22 heavy (non-hydrogen) atoms. The van der Waals surface area contributed by atoms with Gasteiger partial charge in [-0.1, -0.05) is 47.5 Å². The molecule has 0 atom stereocenters. The van der Waals surface area contributed by atoms with Crippen LogP contribution in [-0.2, 0) is 4.79 Å². The second-order valence-corrected chi connectivity index (χ2v) is 7.08. The van der Waals surface area contributed by atoms with Gasteiger partial charge < -0.3 is 16.0 Å². The molecule has 0 aromatic rings. The second kappa shape index (κ2) is 11.3. The SMILES string of the molecule is CCNC(=NCCCCC(C)C)NCCNC(=O)C(C)(C)C. The topological polar surface area (TPSA) is 65.5 Å². The minimum Gasteiger partial charge on any atom is -0.357 e. The van der Waals surface area contributed by atoms with Crippen LogP contribution in [0, 0.1) is 11.3 Å². The Hall–Kier alpha value is -1.26. The van der Waals surface area contributed by atoms with E-state index in [9.17, 15) is 4.79 Å². The van der Waals surface area contributed by atoms with Gasteiger partial charge in [0, 0.05) is 31.6 Å². The first-order valence-electron chi connectivity index (χ1n) is 8.57. The molecule has 0 rings (SSSR count). The first kappa shape index (κ1) is 20.7. The first-order valence-corrected chi connectivity index (χ1v) is 8.57. The Morgan fingerprint density at radius 2 is 1.68 bits per heavy atom. The number of amides is 1. The van der Waals surface area contributed by atoms with Crippen LogP contribution in [0.2, 0.25) is 0 Å². The lowest BCUT2D eigenvalue weighted by Gasteiger charge is -2.18. The highest BCUT2D eigenvalue weighted by molar-refractivity contribution is 5.81. The predicted molar refractivity (Wildman–Crippen MR) is 95.1 cm³/mol. The Balaban J connectivity index is 3.96. The largest absolute Gasteiger partial charge is 0.357 e. The molecule has 0 fully saturated rings. The predicted octanol–water partition coefficient (Wildman–Crippen LogP) is 2.53. The number of rotatable bonds is 9. The van der Waals surface area contributed by atoms with E-state index < -0.39 is 0 Å². The summed E-state index contributed by atoms with van der Waals surface area (Å²) in [5.41, 5.74) is -0.338. The third-order valence-corrected chi connectivity index (χ3v) is 3.19. The van der Waals surface area contributed by atoms with E-state index in [4.69, 9.17) is 0 Å². The summed E-state index contributed by atoms with van der Waals surface area (Å²) < 4.78 is 0. The van der Waals surface area contributed by atoms with Gasteiger partial charge in [0.05, 0.1) is 0 Å². The van der Waals surface area contributed by atoms with E-state index in [0.717, 1.165) is 31.4 Å². The summed E-state index contributed by atoms with van der Waals surface area (Å²) >= 11 is 0. The Labute approximate surface area is 136 Å². The number of nitrogens with one attached hydrogen (secondary N) is 3. The minimum absolute atomic E-state index is 0.0740. The quantitative estimate of drug-likeness (QED) is 0.348. The molecule has 130 valence electrons. The van der Waals surface area contributed by atoms with E-state index in [-0.39, 0.29) is 11.3 Å². The average Bonchev–Trinajstić information content (AvgIpc) is 2.41. The summed E-state index contributed by atoms with van der Waals surface area (Å²) in [5, 5.41) is 9.40. The van der Waals surface area contributed by atoms with Crippen molar-refractivity contribution < 1.29 is 4.79 Å². The Morgan fingerprint density at radius 3 is 2.23 bits per heavy atom. The van der Waals surface area contributed by atoms with Crippen molar-refractivity contribution in [2.45, 2.75) is 60.8 Å². The fourth-order valence-corrected chi connectivity index (χ4v) is 1.82. The molecule has 0 aliphatic carbocycles. The molecule has 0 bridgehead atoms. The molecule has 0 heterocycles. The molecule has 0 aromatic heterocycles. The molecular weight excluding hydrogens is 276 g/mol. The average molecular weight is 313 g/mol. The lowest BCUT2D eigenvalue weighted by Crippen LogP contribution is -2.43. The number of guanidine groups is 1. The minimum atomic E-state index is -0.338. The number of hydrogen-bond acceptors (Lipinski definition) is 2. The normalized spacial score (nSPS) is 12.4. The number of hydrogen-bond donors (Lipinski definition) is 3. The van der Waals surface area contributed by atoms with Gasteiger partial charge in [-0.2, -0.15) is 0 Å². The highest BCUT2D eigenvalue weighted by Gasteiger charge is 2.20. The molecule has 0 unspecified atom stereocenters. The summed E-state index contributed by atoms with van der Waals surface area (Å²) in [5.74, 6) is 1.67. The molecule has 3 N–H and O–H groups in total. The molecule has 0 saturated heterocycles. The van der Waals surface area contributed by atoms with Crippen molar-refractivity contribution in [3.63, 3.8) is 0 Å². The zero-order valence-electron chi connectivity index (χ0n) is 15.4. The van der Waals surface area contributed by atoms with Gasteiger partial charge >= 0.3 is 0 Å². The van der Waals surface area contributed by atoms with E-state index >= 15 is 0 Å². The maximum atomic E-state index is 11.7. The standard InChI is InChI=1S/C17H36N4O/c1-7-18-16(20-11-9-8-10-14(2)3)21-13-12-19-15(22)17(4,5)6/h14H,7-13H2,1-6H3,(H,19,22)(H2,18,20,21). The van der Waals surface area contributed by atoms with E-state index in [1.165, 1.54) is 12.8 Å². The molecule has 0 aromatic carbocycles. The fraction of sp³-hybridized carbons (Fsp3) is 0.882. The van der Waals surface area contributed by atoms with Crippen molar-refractivity contribution in [2.24, 2.45) is 16.3 Å². The maximum Gasteiger partial charge on any atom is 0.225 e. The van der Waals surface area contributed by atoms with Crippen LogP contribution < -0.4 is 16.0 Å². The third-order valence-electron chi connectivity index (χ3n) is 3.19. The first-order chi connectivity index (χ1) is 10.3. The highest BCUT2D eigenvalue weighted by Crippen LogP contribution is 2.11. The van der Waals surface area contributed by atoms with Crippen LogP contribution in [0.15, 0.2) is 4.99 Å². The van der Waals surface area contributed by atoms with E-state index in [1.54, 1.807) is 0 Å². The van der Waals surface area contributed by atoms with Gasteiger partial charge in [0.2, 0.25) is 5.91 Å². The van der Waals surface area contributed by atoms with Crippen molar-refractivity contribution in [1.29, 1.82) is 0 Å². The van der Waals surface area contributed by atoms with Crippen LogP contribution in [0.3, 0.4) is 0 Å². The number of unbranched alkanes of at least 4 members (excludes halogenated alkanes) is 1. The molecule has 1 amide bonds. The smallest absolute Gasteiger partial charge is 0.225 e. The van der Waals surface area contributed by atoms with Crippen LogP contribution in [0.25, 0.3) is 0 Å². The molecule has 0 aliphatic heterocycles. The van der Waals surface area contributed by atoms with E-state index in [0.29, 0.717) is 13.1 Å². The summed E-state index contributed by atoms with van der Waals surface area (Å²) in [6.45, 7) is 15.3. The highest BCUT2D eigenvalue weighted by atomic mass is 16.2. The van der Waals surface area contributed by atoms with Gasteiger partial charge in [-0.05, 0) is 19.3 Å². The second-order valence-electron chi connectivity index (χ2n) is 7.08. The summed E-state index contributed by atoms with van der Waals surface area (Å²) in [4.78, 5) is 16.3. The molecule has 0 saturated carbocycles. The third kappa shape index (κ3) is 11.4. The summed E-state index contributed by atoms with van der Waals surface area (Å²) in [7, 11) is 0. The molecule has 0 aliphatic rings. The van der Waals surface area contributed by atoms with Gasteiger partial charge in [-0.25, -0.2) is 0 Å². The number of nitrogens with zero attached hydrogens (tertiary/aromatic N) is 1. The Morgan fingerprint density at radius 1 is 1.05 bits per heavy atom. The zero-order chi connectivity index (χ0) is 17.0. The summed E-state index contributed by atoms with van der Waals surface area (Å²) in [6, 6.07) is 0. The van der Waals surface area contributed by atoms with E-state index in [2.05, 4.69) is 41.7 Å². The van der Waals surface area contributed by atoms with Crippen LogP contribution in [0.1, 0.15) is 60.8 Å². The lowest BCUT2D eigenvalue weighted by molar-refractivity contribution is -0.128. The van der Waals surface area contributed by atoms with Crippen molar-refractivity contribution >= 4 is 11.9 Å². The van der Waals surface area contributed by atoms with Crippen LogP contribution >= 0.6 is 0 Å². The van der Waals surface area contributed by atoms with E-state index in [1.807, 2.05) is 20.8 Å². The van der Waals surface area contributed by atoms with Crippen LogP contribution in [0.4, 0.5) is 0 Å². The Kier molecular flexibility index (Phi) is 10.7.